The van der Waals surface area contributed by atoms with Crippen molar-refractivity contribution < 1.29 is 17.9 Å². The fourth-order valence-electron chi connectivity index (χ4n) is 2.81. The molecule has 25 heavy (non-hydrogen) atoms. The van der Waals surface area contributed by atoms with Crippen LogP contribution in [0.2, 0.25) is 0 Å². The lowest BCUT2D eigenvalue weighted by atomic mass is 10.2. The van der Waals surface area contributed by atoms with Crippen LogP contribution in [0.1, 0.15) is 5.56 Å². The molecule has 2 atom stereocenters. The third-order valence-corrected chi connectivity index (χ3v) is 5.94. The molecule has 1 aromatic carbocycles. The summed E-state index contributed by atoms with van der Waals surface area (Å²) in [6, 6.07) is 8.95. The summed E-state index contributed by atoms with van der Waals surface area (Å²) in [6.45, 7) is 1.74. The molecule has 2 amide bonds. The number of carbonyl (C=O) groups is 1. The lowest BCUT2D eigenvalue weighted by Crippen LogP contribution is -2.50. The highest BCUT2D eigenvalue weighted by Gasteiger charge is 2.39. The molecule has 2 rings (SSSR count). The van der Waals surface area contributed by atoms with E-state index < -0.39 is 22.0 Å². The minimum Gasteiger partial charge on any atom is -0.378 e. The number of hydrogen-bond donors (Lipinski definition) is 1. The number of sulfone groups is 1. The zero-order valence-corrected chi connectivity index (χ0v) is 15.8. The van der Waals surface area contributed by atoms with Crippen LogP contribution in [0.4, 0.5) is 4.79 Å². The Morgan fingerprint density at radius 1 is 1.20 bits per heavy atom. The number of ether oxygens (including phenoxy) is 1. The van der Waals surface area contributed by atoms with Crippen LogP contribution in [0, 0.1) is 0 Å². The summed E-state index contributed by atoms with van der Waals surface area (Å²) in [6.07, 6.45) is -0.499. The quantitative estimate of drug-likeness (QED) is 0.760. The average molecular weight is 369 g/mol. The van der Waals surface area contributed by atoms with Crippen LogP contribution in [0.25, 0.3) is 0 Å². The standard InChI is InChI=1S/C17H27N3O4S/c1-19(2)9-10-20(11-14-7-5-4-6-8-14)17(21)18-15-12-25(22,23)13-16(15)24-3/h4-8,15-16H,9-13H2,1-3H3,(H,18,21)/t15-,16-/m1/s1. The SMILES string of the molecule is CO[C@@H]1CS(=O)(=O)C[C@H]1NC(=O)N(CCN(C)C)Cc1ccccc1. The number of hydrogen-bond acceptors (Lipinski definition) is 5. The normalized spacial score (nSPS) is 22.1. The second kappa shape index (κ2) is 8.64. The molecular weight excluding hydrogens is 342 g/mol. The Morgan fingerprint density at radius 2 is 1.88 bits per heavy atom. The molecule has 0 unspecified atom stereocenters. The first-order valence-electron chi connectivity index (χ1n) is 8.28. The van der Waals surface area contributed by atoms with Crippen molar-refractivity contribution in [3.8, 4) is 0 Å². The Morgan fingerprint density at radius 3 is 2.48 bits per heavy atom. The molecule has 1 aromatic rings. The van der Waals surface area contributed by atoms with E-state index in [4.69, 9.17) is 4.74 Å². The molecule has 1 aliphatic rings. The molecule has 0 spiro atoms. The second-order valence-electron chi connectivity index (χ2n) is 6.62. The first kappa shape index (κ1) is 19.7. The van der Waals surface area contributed by atoms with Crippen molar-refractivity contribution in [2.75, 3.05) is 45.8 Å². The van der Waals surface area contributed by atoms with E-state index >= 15 is 0 Å². The number of carbonyl (C=O) groups excluding carboxylic acids is 1. The molecule has 0 radical (unpaired) electrons. The van der Waals surface area contributed by atoms with Gasteiger partial charge in [-0.15, -0.1) is 0 Å². The van der Waals surface area contributed by atoms with E-state index in [-0.39, 0.29) is 17.5 Å². The Labute approximate surface area is 149 Å². The third-order valence-electron chi connectivity index (χ3n) is 4.23. The van der Waals surface area contributed by atoms with E-state index in [2.05, 4.69) is 5.32 Å². The van der Waals surface area contributed by atoms with E-state index in [1.54, 1.807) is 4.90 Å². The van der Waals surface area contributed by atoms with Crippen LogP contribution < -0.4 is 5.32 Å². The molecule has 8 heteroatoms. The first-order valence-corrected chi connectivity index (χ1v) is 10.1. The van der Waals surface area contributed by atoms with Crippen molar-refractivity contribution in [3.05, 3.63) is 35.9 Å². The van der Waals surface area contributed by atoms with Crippen molar-refractivity contribution in [2.24, 2.45) is 0 Å². The highest BCUT2D eigenvalue weighted by Crippen LogP contribution is 2.16. The number of nitrogens with zero attached hydrogens (tertiary/aromatic N) is 2. The predicted octanol–water partition coefficient (Wildman–Crippen LogP) is 0.572. The zero-order chi connectivity index (χ0) is 18.4. The number of amides is 2. The molecule has 1 saturated heterocycles. The van der Waals surface area contributed by atoms with Gasteiger partial charge in [0.25, 0.3) is 0 Å². The molecule has 1 N–H and O–H groups in total. The maximum Gasteiger partial charge on any atom is 0.318 e. The van der Waals surface area contributed by atoms with Gasteiger partial charge in [0.15, 0.2) is 9.84 Å². The van der Waals surface area contributed by atoms with Gasteiger partial charge in [-0.05, 0) is 19.7 Å². The van der Waals surface area contributed by atoms with E-state index in [9.17, 15) is 13.2 Å². The van der Waals surface area contributed by atoms with Gasteiger partial charge in [-0.3, -0.25) is 0 Å². The number of benzene rings is 1. The van der Waals surface area contributed by atoms with Crippen LogP contribution in [0.3, 0.4) is 0 Å². The molecule has 7 nitrogen and oxygen atoms in total. The van der Waals surface area contributed by atoms with Gasteiger partial charge in [0.2, 0.25) is 0 Å². The lowest BCUT2D eigenvalue weighted by molar-refractivity contribution is 0.0972. The van der Waals surface area contributed by atoms with Crippen LogP contribution in [0.5, 0.6) is 0 Å². The minimum absolute atomic E-state index is 0.0508. The van der Waals surface area contributed by atoms with Crippen LogP contribution in [-0.4, -0.2) is 82.2 Å². The van der Waals surface area contributed by atoms with E-state index in [1.165, 1.54) is 7.11 Å². The third kappa shape index (κ3) is 5.98. The zero-order valence-electron chi connectivity index (χ0n) is 15.0. The summed E-state index contributed by atoms with van der Waals surface area (Å²) in [5.74, 6) is -0.130. The van der Waals surface area contributed by atoms with E-state index in [0.29, 0.717) is 13.1 Å². The second-order valence-corrected chi connectivity index (χ2v) is 8.77. The Kier molecular flexibility index (Phi) is 6.80. The van der Waals surface area contributed by atoms with Gasteiger partial charge < -0.3 is 19.9 Å². The summed E-state index contributed by atoms with van der Waals surface area (Å²) in [4.78, 5) is 16.4. The number of nitrogens with one attached hydrogen (secondary N) is 1. The Balaban J connectivity index is 2.06. The maximum absolute atomic E-state index is 12.7. The largest absolute Gasteiger partial charge is 0.378 e. The van der Waals surface area contributed by atoms with E-state index in [0.717, 1.165) is 12.1 Å². The Bertz CT molecular complexity index is 664. The summed E-state index contributed by atoms with van der Waals surface area (Å²) in [5, 5.41) is 2.84. The number of urea groups is 1. The highest BCUT2D eigenvalue weighted by molar-refractivity contribution is 7.91. The fourth-order valence-corrected chi connectivity index (χ4v) is 4.66. The van der Waals surface area contributed by atoms with Crippen molar-refractivity contribution in [1.29, 1.82) is 0 Å². The van der Waals surface area contributed by atoms with Gasteiger partial charge in [0.1, 0.15) is 0 Å². The van der Waals surface area contributed by atoms with Gasteiger partial charge in [-0.25, -0.2) is 13.2 Å². The van der Waals surface area contributed by atoms with Crippen molar-refractivity contribution in [3.63, 3.8) is 0 Å². The summed E-state index contributed by atoms with van der Waals surface area (Å²) in [7, 11) is 2.19. The summed E-state index contributed by atoms with van der Waals surface area (Å²) in [5.41, 5.74) is 1.03. The van der Waals surface area contributed by atoms with Gasteiger partial charge >= 0.3 is 6.03 Å². The van der Waals surface area contributed by atoms with Crippen molar-refractivity contribution in [1.82, 2.24) is 15.1 Å². The van der Waals surface area contributed by atoms with E-state index in [1.807, 2.05) is 49.3 Å². The predicted molar refractivity (Wildman–Crippen MR) is 97.2 cm³/mol. The molecule has 1 fully saturated rings. The average Bonchev–Trinajstić information content (AvgIpc) is 2.85. The van der Waals surface area contributed by atoms with Crippen molar-refractivity contribution >= 4 is 15.9 Å². The smallest absolute Gasteiger partial charge is 0.318 e. The Hall–Kier alpha value is -1.64. The molecule has 0 aliphatic carbocycles. The van der Waals surface area contributed by atoms with Crippen molar-refractivity contribution in [2.45, 2.75) is 18.7 Å². The lowest BCUT2D eigenvalue weighted by Gasteiger charge is -2.27. The molecule has 140 valence electrons. The van der Waals surface area contributed by atoms with Gasteiger partial charge in [0, 0.05) is 26.7 Å². The monoisotopic (exact) mass is 369 g/mol. The van der Waals surface area contributed by atoms with Crippen LogP contribution in [0.15, 0.2) is 30.3 Å². The molecule has 1 heterocycles. The molecule has 1 aliphatic heterocycles. The summed E-state index contributed by atoms with van der Waals surface area (Å²) >= 11 is 0. The maximum atomic E-state index is 12.7. The van der Waals surface area contributed by atoms with Gasteiger partial charge in [-0.1, -0.05) is 30.3 Å². The topological polar surface area (TPSA) is 78.9 Å². The van der Waals surface area contributed by atoms with Gasteiger partial charge in [0.05, 0.1) is 23.7 Å². The minimum atomic E-state index is -3.18. The van der Waals surface area contributed by atoms with Crippen LogP contribution in [-0.2, 0) is 21.1 Å². The molecular formula is C17H27N3O4S. The first-order chi connectivity index (χ1) is 11.8. The molecule has 0 bridgehead atoms. The highest BCUT2D eigenvalue weighted by atomic mass is 32.2. The number of rotatable bonds is 7. The summed E-state index contributed by atoms with van der Waals surface area (Å²) < 4.78 is 28.9. The number of methoxy groups -OCH3 is 1. The number of likely N-dealkylation sites (N-methyl/N-ethyl adjacent to an activating group) is 1. The fraction of sp³-hybridized carbons (Fsp3) is 0.588. The van der Waals surface area contributed by atoms with Gasteiger partial charge in [-0.2, -0.15) is 0 Å². The van der Waals surface area contributed by atoms with Crippen LogP contribution >= 0.6 is 0 Å². The molecule has 0 saturated carbocycles. The molecule has 0 aromatic heterocycles.